The second kappa shape index (κ2) is 5.27. The Labute approximate surface area is 106 Å². The molecule has 0 aliphatic rings. The molecular formula is C11H22N4OS. The first-order chi connectivity index (χ1) is 7.73. The van der Waals surface area contributed by atoms with E-state index in [2.05, 4.69) is 31.0 Å². The highest BCUT2D eigenvalue weighted by Gasteiger charge is 2.22. The molecule has 98 valence electrons. The topological polar surface area (TPSA) is 76.7 Å². The highest BCUT2D eigenvalue weighted by molar-refractivity contribution is 7.99. The van der Waals surface area contributed by atoms with E-state index in [0.717, 1.165) is 5.75 Å². The lowest BCUT2D eigenvalue weighted by Crippen LogP contribution is -2.37. The third kappa shape index (κ3) is 3.61. The Bertz CT molecular complexity index is 416. The van der Waals surface area contributed by atoms with Gasteiger partial charge in [0.15, 0.2) is 5.16 Å². The minimum absolute atomic E-state index is 0.0618. The minimum Gasteiger partial charge on any atom is -0.326 e. The molecule has 1 rings (SSSR count). The molecule has 1 aromatic rings. The smallest absolute Gasteiger partial charge is 0.326 e. The summed E-state index contributed by atoms with van der Waals surface area (Å²) in [6.07, 6.45) is 0. The number of nitrogens with one attached hydrogen (secondary N) is 1. The molecule has 0 aliphatic carbocycles. The summed E-state index contributed by atoms with van der Waals surface area (Å²) < 4.78 is 1.65. The second-order valence-electron chi connectivity index (χ2n) is 5.56. The van der Waals surface area contributed by atoms with E-state index >= 15 is 0 Å². The Balaban J connectivity index is 2.74. The molecule has 0 aliphatic heterocycles. The van der Waals surface area contributed by atoms with Crippen LogP contribution >= 0.6 is 11.8 Å². The van der Waals surface area contributed by atoms with Gasteiger partial charge in [-0.1, -0.05) is 32.5 Å². The average Bonchev–Trinajstić information content (AvgIpc) is 2.54. The van der Waals surface area contributed by atoms with Crippen molar-refractivity contribution in [2.24, 2.45) is 11.1 Å². The summed E-state index contributed by atoms with van der Waals surface area (Å²) >= 11 is 1.53. The quantitative estimate of drug-likeness (QED) is 0.805. The van der Waals surface area contributed by atoms with Crippen LogP contribution in [0.25, 0.3) is 0 Å². The zero-order valence-electron chi connectivity index (χ0n) is 11.2. The number of rotatable bonds is 4. The van der Waals surface area contributed by atoms with E-state index in [4.69, 9.17) is 5.73 Å². The number of H-pyrrole nitrogens is 1. The van der Waals surface area contributed by atoms with Gasteiger partial charge in [0, 0.05) is 17.8 Å². The lowest BCUT2D eigenvalue weighted by Gasteiger charge is -2.26. The number of aromatic amines is 1. The number of thioether (sulfide) groups is 1. The number of hydrogen-bond acceptors (Lipinski definition) is 4. The highest BCUT2D eigenvalue weighted by Crippen LogP contribution is 2.24. The predicted molar refractivity (Wildman–Crippen MR) is 71.4 cm³/mol. The SMILES string of the molecule is CC(C)n1c(SCC(N)C(C)(C)C)n[nH]c1=O. The van der Waals surface area contributed by atoms with Crippen LogP contribution in [0.2, 0.25) is 0 Å². The molecule has 1 atom stereocenters. The van der Waals surface area contributed by atoms with Crippen LogP contribution in [0, 0.1) is 5.41 Å². The van der Waals surface area contributed by atoms with E-state index in [1.54, 1.807) is 4.57 Å². The van der Waals surface area contributed by atoms with Gasteiger partial charge in [-0.25, -0.2) is 9.89 Å². The second-order valence-corrected chi connectivity index (χ2v) is 6.55. The maximum absolute atomic E-state index is 11.5. The largest absolute Gasteiger partial charge is 0.344 e. The summed E-state index contributed by atoms with van der Waals surface area (Å²) in [6, 6.07) is 0.175. The van der Waals surface area contributed by atoms with Gasteiger partial charge in [0.1, 0.15) is 0 Å². The molecule has 0 saturated heterocycles. The lowest BCUT2D eigenvalue weighted by molar-refractivity contribution is 0.344. The zero-order valence-corrected chi connectivity index (χ0v) is 12.0. The van der Waals surface area contributed by atoms with Crippen LogP contribution in [0.1, 0.15) is 40.7 Å². The summed E-state index contributed by atoms with van der Waals surface area (Å²) in [7, 11) is 0. The standard InChI is InChI=1S/C11H22N4OS/c1-7(2)15-9(16)13-14-10(15)17-6-8(12)11(3,4)5/h7-8H,6,12H2,1-5H3,(H,13,16). The van der Waals surface area contributed by atoms with E-state index in [1.807, 2.05) is 13.8 Å². The van der Waals surface area contributed by atoms with Crippen LogP contribution in [-0.4, -0.2) is 26.6 Å². The number of aromatic nitrogens is 3. The average molecular weight is 258 g/mol. The van der Waals surface area contributed by atoms with Crippen molar-refractivity contribution in [3.63, 3.8) is 0 Å². The molecule has 0 aromatic carbocycles. The van der Waals surface area contributed by atoms with Crippen LogP contribution in [0.4, 0.5) is 0 Å². The maximum Gasteiger partial charge on any atom is 0.344 e. The van der Waals surface area contributed by atoms with Crippen molar-refractivity contribution in [2.75, 3.05) is 5.75 Å². The molecule has 0 saturated carbocycles. The monoisotopic (exact) mass is 258 g/mol. The van der Waals surface area contributed by atoms with Crippen LogP contribution in [0.15, 0.2) is 9.95 Å². The van der Waals surface area contributed by atoms with Gasteiger partial charge in [-0.05, 0) is 19.3 Å². The fourth-order valence-electron chi connectivity index (χ4n) is 1.26. The van der Waals surface area contributed by atoms with E-state index in [9.17, 15) is 4.79 Å². The van der Waals surface area contributed by atoms with Gasteiger partial charge in [0.05, 0.1) is 0 Å². The molecule has 1 unspecified atom stereocenters. The van der Waals surface area contributed by atoms with Gasteiger partial charge in [0.25, 0.3) is 0 Å². The Morgan fingerprint density at radius 2 is 2.06 bits per heavy atom. The van der Waals surface area contributed by atoms with Crippen molar-refractivity contribution in [3.8, 4) is 0 Å². The maximum atomic E-state index is 11.5. The van der Waals surface area contributed by atoms with Crippen molar-refractivity contribution >= 4 is 11.8 Å². The fourth-order valence-corrected chi connectivity index (χ4v) is 2.63. The van der Waals surface area contributed by atoms with E-state index < -0.39 is 0 Å². The molecule has 0 fully saturated rings. The van der Waals surface area contributed by atoms with Crippen LogP contribution < -0.4 is 11.4 Å². The molecule has 1 heterocycles. The van der Waals surface area contributed by atoms with Crippen molar-refractivity contribution < 1.29 is 0 Å². The molecule has 6 heteroatoms. The van der Waals surface area contributed by atoms with Crippen molar-refractivity contribution in [1.82, 2.24) is 14.8 Å². The molecule has 0 amide bonds. The number of hydrogen-bond donors (Lipinski definition) is 2. The molecule has 17 heavy (non-hydrogen) atoms. The van der Waals surface area contributed by atoms with Crippen LogP contribution in [-0.2, 0) is 0 Å². The zero-order chi connectivity index (χ0) is 13.2. The Hall–Kier alpha value is -0.750. The van der Waals surface area contributed by atoms with Crippen molar-refractivity contribution in [3.05, 3.63) is 10.5 Å². The third-order valence-electron chi connectivity index (χ3n) is 2.69. The van der Waals surface area contributed by atoms with Crippen molar-refractivity contribution in [2.45, 2.75) is 51.9 Å². The van der Waals surface area contributed by atoms with Gasteiger partial charge in [-0.2, -0.15) is 0 Å². The molecule has 1 aromatic heterocycles. The van der Waals surface area contributed by atoms with Crippen molar-refractivity contribution in [1.29, 1.82) is 0 Å². The van der Waals surface area contributed by atoms with Gasteiger partial charge < -0.3 is 5.73 Å². The summed E-state index contributed by atoms with van der Waals surface area (Å²) in [6.45, 7) is 10.3. The normalized spacial score (nSPS) is 14.3. The van der Waals surface area contributed by atoms with Gasteiger partial charge in [-0.15, -0.1) is 5.10 Å². The first-order valence-corrected chi connectivity index (χ1v) is 6.77. The van der Waals surface area contributed by atoms with Crippen LogP contribution in [0.3, 0.4) is 0 Å². The molecule has 5 nitrogen and oxygen atoms in total. The first kappa shape index (κ1) is 14.3. The molecular weight excluding hydrogens is 236 g/mol. The van der Waals surface area contributed by atoms with Gasteiger partial charge in [0.2, 0.25) is 0 Å². The Morgan fingerprint density at radius 3 is 2.53 bits per heavy atom. The first-order valence-electron chi connectivity index (χ1n) is 5.78. The summed E-state index contributed by atoms with van der Waals surface area (Å²) in [5.74, 6) is 0.751. The highest BCUT2D eigenvalue weighted by atomic mass is 32.2. The summed E-state index contributed by atoms with van der Waals surface area (Å²) in [5, 5.41) is 7.21. The summed E-state index contributed by atoms with van der Waals surface area (Å²) in [4.78, 5) is 11.5. The number of nitrogens with two attached hydrogens (primary N) is 1. The van der Waals surface area contributed by atoms with E-state index in [-0.39, 0.29) is 23.2 Å². The Kier molecular flexibility index (Phi) is 4.43. The third-order valence-corrected chi connectivity index (χ3v) is 3.76. The fraction of sp³-hybridized carbons (Fsp3) is 0.818. The molecule has 0 radical (unpaired) electrons. The molecule has 0 bridgehead atoms. The minimum atomic E-state index is -0.160. The van der Waals surface area contributed by atoms with Gasteiger partial charge in [-0.3, -0.25) is 4.57 Å². The lowest BCUT2D eigenvalue weighted by atomic mass is 9.89. The molecule has 3 N–H and O–H groups in total. The Morgan fingerprint density at radius 1 is 1.47 bits per heavy atom. The summed E-state index contributed by atoms with van der Waals surface area (Å²) in [5.41, 5.74) is 5.99. The van der Waals surface area contributed by atoms with Gasteiger partial charge >= 0.3 is 5.69 Å². The van der Waals surface area contributed by atoms with Crippen LogP contribution in [0.5, 0.6) is 0 Å². The molecule has 0 spiro atoms. The van der Waals surface area contributed by atoms with E-state index in [0.29, 0.717) is 5.16 Å². The van der Waals surface area contributed by atoms with E-state index in [1.165, 1.54) is 11.8 Å². The predicted octanol–water partition coefficient (Wildman–Crippen LogP) is 1.62. The number of nitrogens with zero attached hydrogens (tertiary/aromatic N) is 2.